The summed E-state index contributed by atoms with van der Waals surface area (Å²) < 4.78 is 40.7. The zero-order valence-corrected chi connectivity index (χ0v) is 10.8. The molecule has 0 unspecified atom stereocenters. The van der Waals surface area contributed by atoms with Crippen LogP contribution in [0, 0.1) is 6.92 Å². The molecule has 8 heteroatoms. The van der Waals surface area contributed by atoms with Crippen LogP contribution in [-0.4, -0.2) is 18.7 Å². The van der Waals surface area contributed by atoms with Gasteiger partial charge in [0.15, 0.2) is 6.61 Å². The Morgan fingerprint density at radius 3 is 2.67 bits per heavy atom. The summed E-state index contributed by atoms with van der Waals surface area (Å²) >= 11 is 0. The minimum absolute atomic E-state index is 0.285. The van der Waals surface area contributed by atoms with Crippen molar-refractivity contribution in [3.05, 3.63) is 45.8 Å². The molecule has 0 aliphatic rings. The van der Waals surface area contributed by atoms with Gasteiger partial charge in [-0.25, -0.2) is 10.3 Å². The van der Waals surface area contributed by atoms with Crippen LogP contribution in [0.15, 0.2) is 33.5 Å². The van der Waals surface area contributed by atoms with Crippen molar-refractivity contribution in [1.29, 1.82) is 0 Å². The largest absolute Gasteiger partial charge is 0.422 e. The highest BCUT2D eigenvalue weighted by Gasteiger charge is 2.29. The molecule has 0 bridgehead atoms. The summed E-state index contributed by atoms with van der Waals surface area (Å²) in [6.45, 7) is -0.158. The Bertz CT molecular complexity index is 736. The van der Waals surface area contributed by atoms with E-state index < -0.39 is 29.9 Å². The van der Waals surface area contributed by atoms with E-state index in [2.05, 4.69) is 4.84 Å². The fraction of sp³-hybridized carbons (Fsp3) is 0.231. The Labute approximate surface area is 116 Å². The minimum Gasteiger partial charge on any atom is -0.422 e. The molecule has 5 nitrogen and oxygen atoms in total. The van der Waals surface area contributed by atoms with Crippen LogP contribution in [0.25, 0.3) is 11.0 Å². The number of amides is 1. The fourth-order valence-electron chi connectivity index (χ4n) is 1.80. The van der Waals surface area contributed by atoms with Gasteiger partial charge in [0, 0.05) is 5.39 Å². The molecule has 0 atom stereocenters. The van der Waals surface area contributed by atoms with Crippen LogP contribution in [-0.2, 0) is 4.84 Å². The maximum Gasteiger partial charge on any atom is 0.414 e. The fourth-order valence-corrected chi connectivity index (χ4v) is 1.80. The zero-order chi connectivity index (χ0) is 15.6. The third kappa shape index (κ3) is 3.40. The second kappa shape index (κ2) is 5.57. The summed E-state index contributed by atoms with van der Waals surface area (Å²) in [4.78, 5) is 27.5. The summed E-state index contributed by atoms with van der Waals surface area (Å²) in [7, 11) is 0. The van der Waals surface area contributed by atoms with Crippen LogP contribution in [0.2, 0.25) is 0 Å². The molecule has 0 aliphatic heterocycles. The Hall–Kier alpha value is -2.35. The van der Waals surface area contributed by atoms with Crippen molar-refractivity contribution < 1.29 is 27.2 Å². The molecule has 1 amide bonds. The number of hydrogen-bond acceptors (Lipinski definition) is 4. The quantitative estimate of drug-likeness (QED) is 0.698. The Balaban J connectivity index is 2.29. The Morgan fingerprint density at radius 1 is 1.33 bits per heavy atom. The predicted molar refractivity (Wildman–Crippen MR) is 66.7 cm³/mol. The molecule has 1 aromatic carbocycles. The van der Waals surface area contributed by atoms with E-state index in [0.717, 1.165) is 0 Å². The van der Waals surface area contributed by atoms with Crippen molar-refractivity contribution in [2.45, 2.75) is 13.1 Å². The van der Waals surface area contributed by atoms with Crippen LogP contribution in [0.3, 0.4) is 0 Å². The number of nitrogens with one attached hydrogen (secondary N) is 1. The lowest BCUT2D eigenvalue weighted by Gasteiger charge is -2.10. The number of alkyl halides is 3. The van der Waals surface area contributed by atoms with Crippen molar-refractivity contribution in [2.24, 2.45) is 0 Å². The maximum absolute atomic E-state index is 11.9. The van der Waals surface area contributed by atoms with E-state index in [0.29, 0.717) is 10.9 Å². The average molecular weight is 301 g/mol. The molecular formula is C13H10F3NO4. The number of rotatable bonds is 3. The predicted octanol–water partition coefficient (Wildman–Crippen LogP) is 2.33. The molecule has 21 heavy (non-hydrogen) atoms. The summed E-state index contributed by atoms with van der Waals surface area (Å²) in [5.74, 6) is -1.09. The van der Waals surface area contributed by atoms with Crippen molar-refractivity contribution in [2.75, 3.05) is 6.61 Å². The summed E-state index contributed by atoms with van der Waals surface area (Å²) in [5.41, 5.74) is 0.831. The second-order valence-electron chi connectivity index (χ2n) is 4.22. The molecule has 1 N–H and O–H groups in total. The first-order chi connectivity index (χ1) is 9.79. The number of fused-ring (bicyclic) bond motifs is 1. The number of hydroxylamine groups is 1. The maximum atomic E-state index is 11.9. The minimum atomic E-state index is -4.59. The second-order valence-corrected chi connectivity index (χ2v) is 4.22. The van der Waals surface area contributed by atoms with E-state index in [-0.39, 0.29) is 5.58 Å². The number of carbonyl (C=O) groups excluding carboxylic acids is 1. The summed E-state index contributed by atoms with van der Waals surface area (Å²) in [6.07, 6.45) is -4.59. The van der Waals surface area contributed by atoms with E-state index in [1.807, 2.05) is 0 Å². The molecule has 0 saturated heterocycles. The molecule has 0 spiro atoms. The number of carbonyl (C=O) groups is 1. The molecule has 0 radical (unpaired) electrons. The molecule has 112 valence electrons. The van der Waals surface area contributed by atoms with Gasteiger partial charge in [-0.3, -0.25) is 9.63 Å². The first kappa shape index (κ1) is 15.0. The lowest BCUT2D eigenvalue weighted by molar-refractivity contribution is -0.184. The third-order valence-corrected chi connectivity index (χ3v) is 2.70. The Morgan fingerprint density at radius 2 is 2.00 bits per heavy atom. The van der Waals surface area contributed by atoms with Crippen LogP contribution in [0.5, 0.6) is 0 Å². The first-order valence-corrected chi connectivity index (χ1v) is 5.81. The van der Waals surface area contributed by atoms with Gasteiger partial charge in [-0.05, 0) is 18.6 Å². The molecule has 2 rings (SSSR count). The molecule has 0 fully saturated rings. The van der Waals surface area contributed by atoms with Crippen LogP contribution in [0.4, 0.5) is 13.2 Å². The van der Waals surface area contributed by atoms with Gasteiger partial charge >= 0.3 is 11.8 Å². The molecular weight excluding hydrogens is 291 g/mol. The smallest absolute Gasteiger partial charge is 0.414 e. The van der Waals surface area contributed by atoms with Gasteiger partial charge in [0.25, 0.3) is 5.91 Å². The molecule has 0 aliphatic carbocycles. The van der Waals surface area contributed by atoms with Crippen LogP contribution < -0.4 is 11.1 Å². The van der Waals surface area contributed by atoms with E-state index in [4.69, 9.17) is 4.42 Å². The summed E-state index contributed by atoms with van der Waals surface area (Å²) in [6, 6.07) is 6.50. The SMILES string of the molecule is Cc1c(C(=O)NOCC(F)(F)F)c(=O)oc2ccccc12. The molecule has 1 aromatic heterocycles. The zero-order valence-electron chi connectivity index (χ0n) is 10.8. The van der Waals surface area contributed by atoms with E-state index in [1.54, 1.807) is 29.7 Å². The van der Waals surface area contributed by atoms with Crippen LogP contribution >= 0.6 is 0 Å². The number of halogens is 3. The van der Waals surface area contributed by atoms with Crippen molar-refractivity contribution in [1.82, 2.24) is 5.48 Å². The van der Waals surface area contributed by atoms with E-state index in [9.17, 15) is 22.8 Å². The number of aryl methyl sites for hydroxylation is 1. The Kier molecular flexibility index (Phi) is 3.99. The van der Waals surface area contributed by atoms with Gasteiger partial charge in [-0.15, -0.1) is 0 Å². The first-order valence-electron chi connectivity index (χ1n) is 5.81. The molecule has 0 saturated carbocycles. The highest BCUT2D eigenvalue weighted by atomic mass is 19.4. The summed E-state index contributed by atoms with van der Waals surface area (Å²) in [5, 5.41) is 0.512. The monoisotopic (exact) mass is 301 g/mol. The lowest BCUT2D eigenvalue weighted by Crippen LogP contribution is -2.33. The van der Waals surface area contributed by atoms with Crippen molar-refractivity contribution >= 4 is 16.9 Å². The topological polar surface area (TPSA) is 68.5 Å². The average Bonchev–Trinajstić information content (AvgIpc) is 2.37. The number of para-hydroxylation sites is 1. The van der Waals surface area contributed by atoms with E-state index in [1.165, 1.54) is 6.92 Å². The highest BCUT2D eigenvalue weighted by Crippen LogP contribution is 2.19. The third-order valence-electron chi connectivity index (χ3n) is 2.70. The van der Waals surface area contributed by atoms with Crippen molar-refractivity contribution in [3.63, 3.8) is 0 Å². The normalized spacial score (nSPS) is 11.6. The van der Waals surface area contributed by atoms with Gasteiger partial charge in [0.1, 0.15) is 11.1 Å². The van der Waals surface area contributed by atoms with Gasteiger partial charge in [0.2, 0.25) is 0 Å². The number of hydrogen-bond donors (Lipinski definition) is 1. The lowest BCUT2D eigenvalue weighted by atomic mass is 10.1. The van der Waals surface area contributed by atoms with Gasteiger partial charge in [0.05, 0.1) is 0 Å². The number of benzene rings is 1. The standard InChI is InChI=1S/C13H10F3NO4/c1-7-8-4-2-3-5-9(8)21-12(19)10(7)11(18)17-20-6-13(14,15)16/h2-5H,6H2,1H3,(H,17,18). The molecule has 2 aromatic rings. The highest BCUT2D eigenvalue weighted by molar-refractivity contribution is 5.98. The molecule has 1 heterocycles. The van der Waals surface area contributed by atoms with E-state index >= 15 is 0 Å². The van der Waals surface area contributed by atoms with Gasteiger partial charge in [-0.2, -0.15) is 13.2 Å². The van der Waals surface area contributed by atoms with Gasteiger partial charge < -0.3 is 4.42 Å². The van der Waals surface area contributed by atoms with Crippen LogP contribution in [0.1, 0.15) is 15.9 Å². The van der Waals surface area contributed by atoms with Gasteiger partial charge in [-0.1, -0.05) is 18.2 Å². The van der Waals surface area contributed by atoms with Crippen molar-refractivity contribution in [3.8, 4) is 0 Å².